The van der Waals surface area contributed by atoms with Crippen LogP contribution in [0.1, 0.15) is 17.5 Å². The lowest BCUT2D eigenvalue weighted by Crippen LogP contribution is -2.34. The minimum Gasteiger partial charge on any atom is -0.405 e. The molecule has 0 saturated carbocycles. The molecule has 1 saturated heterocycles. The van der Waals surface area contributed by atoms with E-state index in [4.69, 9.17) is 5.73 Å². The molecular formula is C21H22F5N5OS. The van der Waals surface area contributed by atoms with Crippen LogP contribution in [0, 0.1) is 11.6 Å². The molecule has 2 aromatic rings. The monoisotopic (exact) mass is 487 g/mol. The number of likely N-dealkylation sites (N-methyl/N-ethyl adjacent to an activating group) is 1. The SMILES string of the molecule is CN(Cc1ccccc1OC(F)(F)F)[C@H]1CCN(c2cc(F)c(C=NNC(N)=S)cc2F)C1. The summed E-state index contributed by atoms with van der Waals surface area (Å²) in [5.41, 5.74) is 7.89. The third-order valence-electron chi connectivity index (χ3n) is 5.19. The van der Waals surface area contributed by atoms with Gasteiger partial charge in [0.15, 0.2) is 5.11 Å². The van der Waals surface area contributed by atoms with E-state index in [-0.39, 0.29) is 34.7 Å². The number of hydrogen-bond acceptors (Lipinski definition) is 5. The molecule has 12 heteroatoms. The van der Waals surface area contributed by atoms with Crippen LogP contribution in [-0.2, 0) is 6.54 Å². The zero-order valence-electron chi connectivity index (χ0n) is 17.6. The van der Waals surface area contributed by atoms with Crippen molar-refractivity contribution in [2.45, 2.75) is 25.4 Å². The van der Waals surface area contributed by atoms with E-state index in [0.717, 1.165) is 18.3 Å². The van der Waals surface area contributed by atoms with Crippen LogP contribution >= 0.6 is 12.2 Å². The van der Waals surface area contributed by atoms with E-state index in [0.29, 0.717) is 25.1 Å². The molecule has 6 nitrogen and oxygen atoms in total. The number of nitrogens with zero attached hydrogens (tertiary/aromatic N) is 3. The van der Waals surface area contributed by atoms with Gasteiger partial charge in [-0.1, -0.05) is 18.2 Å². The average molecular weight is 487 g/mol. The van der Waals surface area contributed by atoms with E-state index >= 15 is 0 Å². The van der Waals surface area contributed by atoms with Gasteiger partial charge in [0.1, 0.15) is 17.4 Å². The topological polar surface area (TPSA) is 66.1 Å². The lowest BCUT2D eigenvalue weighted by Gasteiger charge is -2.26. The highest BCUT2D eigenvalue weighted by atomic mass is 32.1. The average Bonchev–Trinajstić information content (AvgIpc) is 3.20. The Balaban J connectivity index is 1.68. The van der Waals surface area contributed by atoms with Crippen molar-refractivity contribution >= 4 is 29.2 Å². The summed E-state index contributed by atoms with van der Waals surface area (Å²) in [7, 11) is 1.77. The second-order valence-electron chi connectivity index (χ2n) is 7.52. The number of nitrogens with one attached hydrogen (secondary N) is 1. The molecule has 3 N–H and O–H groups in total. The number of hydrazone groups is 1. The summed E-state index contributed by atoms with van der Waals surface area (Å²) < 4.78 is 71.2. The van der Waals surface area contributed by atoms with Crippen molar-refractivity contribution in [3.8, 4) is 5.75 Å². The molecule has 0 aliphatic carbocycles. The molecule has 2 aromatic carbocycles. The van der Waals surface area contributed by atoms with Gasteiger partial charge in [-0.25, -0.2) is 8.78 Å². The number of para-hydroxylation sites is 1. The highest BCUT2D eigenvalue weighted by Gasteiger charge is 2.33. The van der Waals surface area contributed by atoms with Crippen LogP contribution < -0.4 is 20.8 Å². The van der Waals surface area contributed by atoms with Crippen LogP contribution in [0.5, 0.6) is 5.75 Å². The van der Waals surface area contributed by atoms with Gasteiger partial charge in [0.05, 0.1) is 11.9 Å². The number of alkyl halides is 3. The van der Waals surface area contributed by atoms with Gasteiger partial charge in [0.25, 0.3) is 0 Å². The number of thiocarbonyl (C=S) groups is 1. The highest BCUT2D eigenvalue weighted by molar-refractivity contribution is 7.80. The second kappa shape index (κ2) is 10.3. The van der Waals surface area contributed by atoms with Gasteiger partial charge in [-0.05, 0) is 37.8 Å². The van der Waals surface area contributed by atoms with Gasteiger partial charge in [-0.15, -0.1) is 13.2 Å². The fourth-order valence-electron chi connectivity index (χ4n) is 3.64. The normalized spacial score (nSPS) is 16.6. The summed E-state index contributed by atoms with van der Waals surface area (Å²) in [5, 5.41) is 3.52. The van der Waals surface area contributed by atoms with Crippen molar-refractivity contribution in [1.82, 2.24) is 10.3 Å². The first-order valence-electron chi connectivity index (χ1n) is 9.90. The number of anilines is 1. The molecule has 1 atom stereocenters. The molecule has 1 aliphatic rings. The van der Waals surface area contributed by atoms with E-state index in [1.807, 2.05) is 4.90 Å². The van der Waals surface area contributed by atoms with E-state index in [1.165, 1.54) is 12.1 Å². The van der Waals surface area contributed by atoms with Crippen LogP contribution in [-0.4, -0.2) is 48.8 Å². The number of halogens is 5. The Hall–Kier alpha value is -2.99. The van der Waals surface area contributed by atoms with Crippen LogP contribution in [0.3, 0.4) is 0 Å². The lowest BCUT2D eigenvalue weighted by molar-refractivity contribution is -0.275. The second-order valence-corrected chi connectivity index (χ2v) is 7.96. The summed E-state index contributed by atoms with van der Waals surface area (Å²) in [6.45, 7) is 1.04. The maximum atomic E-state index is 14.7. The van der Waals surface area contributed by atoms with Crippen LogP contribution in [0.2, 0.25) is 0 Å². The molecule has 3 rings (SSSR count). The van der Waals surface area contributed by atoms with Crippen molar-refractivity contribution in [1.29, 1.82) is 0 Å². The molecule has 0 bridgehead atoms. The Morgan fingerprint density at radius 2 is 2.03 bits per heavy atom. The van der Waals surface area contributed by atoms with Gasteiger partial charge in [-0.3, -0.25) is 10.3 Å². The Morgan fingerprint density at radius 3 is 2.73 bits per heavy atom. The third kappa shape index (κ3) is 6.75. The first-order chi connectivity index (χ1) is 15.5. The highest BCUT2D eigenvalue weighted by Crippen LogP contribution is 2.30. The molecule has 0 amide bonds. The molecule has 1 fully saturated rings. The largest absolute Gasteiger partial charge is 0.573 e. The maximum Gasteiger partial charge on any atom is 0.573 e. The number of benzene rings is 2. The zero-order chi connectivity index (χ0) is 24.2. The Bertz CT molecular complexity index is 1030. The smallest absolute Gasteiger partial charge is 0.405 e. The van der Waals surface area contributed by atoms with Gasteiger partial charge >= 0.3 is 6.36 Å². The van der Waals surface area contributed by atoms with Crippen LogP contribution in [0.4, 0.5) is 27.6 Å². The fraction of sp³-hybridized carbons (Fsp3) is 0.333. The van der Waals surface area contributed by atoms with Crippen molar-refractivity contribution in [3.05, 3.63) is 59.2 Å². The molecule has 33 heavy (non-hydrogen) atoms. The van der Waals surface area contributed by atoms with E-state index in [9.17, 15) is 22.0 Å². The van der Waals surface area contributed by atoms with Crippen LogP contribution in [0.25, 0.3) is 0 Å². The predicted molar refractivity (Wildman–Crippen MR) is 119 cm³/mol. The molecule has 178 valence electrons. The molecule has 1 aliphatic heterocycles. The van der Waals surface area contributed by atoms with Gasteiger partial charge in [0, 0.05) is 42.9 Å². The first-order valence-corrected chi connectivity index (χ1v) is 10.3. The summed E-state index contributed by atoms with van der Waals surface area (Å²) in [4.78, 5) is 3.57. The maximum absolute atomic E-state index is 14.7. The summed E-state index contributed by atoms with van der Waals surface area (Å²) in [6.07, 6.45) is -3.09. The summed E-state index contributed by atoms with van der Waals surface area (Å²) >= 11 is 4.58. The molecule has 0 unspecified atom stereocenters. The molecule has 0 spiro atoms. The zero-order valence-corrected chi connectivity index (χ0v) is 18.4. The van der Waals surface area contributed by atoms with Gasteiger partial charge in [0.2, 0.25) is 0 Å². The quantitative estimate of drug-likeness (QED) is 0.269. The first kappa shape index (κ1) is 24.6. The lowest BCUT2D eigenvalue weighted by atomic mass is 10.1. The van der Waals surface area contributed by atoms with Crippen LogP contribution in [0.15, 0.2) is 41.5 Å². The standard InChI is InChI=1S/C21H22F5N5OS/c1-30(11-13-4-2-3-5-19(13)32-21(24,25)26)15-6-7-31(12-15)18-9-16(22)14(8-17(18)23)10-28-29-20(27)33/h2-5,8-10,15H,6-7,11-12H2,1H3,(H3,27,29,33)/t15-/m0/s1. The van der Waals surface area contributed by atoms with E-state index in [1.54, 1.807) is 24.1 Å². The van der Waals surface area contributed by atoms with Crippen molar-refractivity contribution in [3.63, 3.8) is 0 Å². The summed E-state index contributed by atoms with van der Waals surface area (Å²) in [6, 6.07) is 7.95. The minimum absolute atomic E-state index is 0.0749. The minimum atomic E-state index is -4.79. The molecular weight excluding hydrogens is 465 g/mol. The van der Waals surface area contributed by atoms with E-state index in [2.05, 4.69) is 27.5 Å². The van der Waals surface area contributed by atoms with E-state index < -0.39 is 18.0 Å². The Labute approximate surface area is 192 Å². The predicted octanol–water partition coefficient (Wildman–Crippen LogP) is 3.74. The molecule has 1 heterocycles. The van der Waals surface area contributed by atoms with Crippen molar-refractivity contribution < 1.29 is 26.7 Å². The number of ether oxygens (including phenoxy) is 1. The van der Waals surface area contributed by atoms with Gasteiger partial charge in [-0.2, -0.15) is 5.10 Å². The van der Waals surface area contributed by atoms with Crippen molar-refractivity contribution in [2.24, 2.45) is 10.8 Å². The Morgan fingerprint density at radius 1 is 1.30 bits per heavy atom. The van der Waals surface area contributed by atoms with Crippen molar-refractivity contribution in [2.75, 3.05) is 25.0 Å². The number of hydrogen-bond donors (Lipinski definition) is 2. The molecule has 0 radical (unpaired) electrons. The third-order valence-corrected chi connectivity index (χ3v) is 5.28. The number of nitrogens with two attached hydrogens (primary N) is 1. The van der Waals surface area contributed by atoms with Gasteiger partial charge < -0.3 is 15.4 Å². The molecule has 0 aromatic heterocycles. The Kier molecular flexibility index (Phi) is 7.69. The fourth-order valence-corrected chi connectivity index (χ4v) is 3.69. The summed E-state index contributed by atoms with van der Waals surface area (Å²) in [5.74, 6) is -1.56. The number of rotatable bonds is 7.